The van der Waals surface area contributed by atoms with Gasteiger partial charge in [0.05, 0.1) is 6.26 Å². The summed E-state index contributed by atoms with van der Waals surface area (Å²) in [5.41, 5.74) is 0.862. The van der Waals surface area contributed by atoms with Crippen LogP contribution in [-0.4, -0.2) is 44.5 Å². The standard InChI is InChI=1S/C15H23FN2O3S/c1-12(2)15(19)17-9-11-18(22(3,20)21)10-8-13-4-6-14(16)7-5-13/h4-7,12H,8-11H2,1-3H3,(H,17,19). The van der Waals surface area contributed by atoms with Gasteiger partial charge in [-0.15, -0.1) is 0 Å². The predicted molar refractivity (Wildman–Crippen MR) is 84.4 cm³/mol. The lowest BCUT2D eigenvalue weighted by atomic mass is 10.1. The highest BCUT2D eigenvalue weighted by Gasteiger charge is 2.16. The van der Waals surface area contributed by atoms with Crippen molar-refractivity contribution in [1.82, 2.24) is 9.62 Å². The van der Waals surface area contributed by atoms with E-state index in [1.807, 2.05) is 0 Å². The van der Waals surface area contributed by atoms with Crippen LogP contribution in [-0.2, 0) is 21.2 Å². The van der Waals surface area contributed by atoms with Crippen LogP contribution >= 0.6 is 0 Å². The Labute approximate surface area is 131 Å². The van der Waals surface area contributed by atoms with Crippen LogP contribution in [0.5, 0.6) is 0 Å². The number of hydrogen-bond donors (Lipinski definition) is 1. The van der Waals surface area contributed by atoms with Gasteiger partial charge in [0.15, 0.2) is 0 Å². The maximum absolute atomic E-state index is 12.8. The van der Waals surface area contributed by atoms with Gasteiger partial charge < -0.3 is 5.32 Å². The summed E-state index contributed by atoms with van der Waals surface area (Å²) >= 11 is 0. The second-order valence-electron chi connectivity index (χ2n) is 5.48. The molecule has 1 N–H and O–H groups in total. The van der Waals surface area contributed by atoms with Crippen molar-refractivity contribution >= 4 is 15.9 Å². The maximum atomic E-state index is 12.8. The summed E-state index contributed by atoms with van der Waals surface area (Å²) < 4.78 is 37.7. The van der Waals surface area contributed by atoms with Gasteiger partial charge in [-0.25, -0.2) is 17.1 Å². The van der Waals surface area contributed by atoms with Gasteiger partial charge in [-0.3, -0.25) is 4.79 Å². The molecule has 0 fully saturated rings. The van der Waals surface area contributed by atoms with Crippen LogP contribution < -0.4 is 5.32 Å². The number of benzene rings is 1. The van der Waals surface area contributed by atoms with E-state index in [4.69, 9.17) is 0 Å². The van der Waals surface area contributed by atoms with Gasteiger partial charge in [-0.2, -0.15) is 0 Å². The van der Waals surface area contributed by atoms with Crippen molar-refractivity contribution in [1.29, 1.82) is 0 Å². The summed E-state index contributed by atoms with van der Waals surface area (Å²) in [7, 11) is -3.35. The van der Waals surface area contributed by atoms with E-state index in [-0.39, 0.29) is 30.7 Å². The van der Waals surface area contributed by atoms with Crippen LogP contribution in [0.15, 0.2) is 24.3 Å². The molecule has 1 aromatic carbocycles. The summed E-state index contributed by atoms with van der Waals surface area (Å²) in [6.45, 7) is 4.34. The Morgan fingerprint density at radius 2 is 1.82 bits per heavy atom. The van der Waals surface area contributed by atoms with Crippen molar-refractivity contribution in [3.05, 3.63) is 35.6 Å². The summed E-state index contributed by atoms with van der Waals surface area (Å²) in [5.74, 6) is -0.557. The van der Waals surface area contributed by atoms with Crippen LogP contribution in [0, 0.1) is 11.7 Å². The highest BCUT2D eigenvalue weighted by atomic mass is 32.2. The number of nitrogens with one attached hydrogen (secondary N) is 1. The highest BCUT2D eigenvalue weighted by Crippen LogP contribution is 2.06. The number of nitrogens with zero attached hydrogens (tertiary/aromatic N) is 1. The maximum Gasteiger partial charge on any atom is 0.222 e. The van der Waals surface area contributed by atoms with E-state index in [1.54, 1.807) is 26.0 Å². The highest BCUT2D eigenvalue weighted by molar-refractivity contribution is 7.88. The third-order valence-corrected chi connectivity index (χ3v) is 4.52. The fraction of sp³-hybridized carbons (Fsp3) is 0.533. The Bertz CT molecular complexity index is 585. The number of carbonyl (C=O) groups excluding carboxylic acids is 1. The van der Waals surface area contributed by atoms with Gasteiger partial charge in [0.2, 0.25) is 15.9 Å². The normalized spacial score (nSPS) is 11.9. The minimum absolute atomic E-state index is 0.105. The molecular weight excluding hydrogens is 307 g/mol. The minimum Gasteiger partial charge on any atom is -0.355 e. The fourth-order valence-corrected chi connectivity index (χ4v) is 2.70. The smallest absolute Gasteiger partial charge is 0.222 e. The number of sulfonamides is 1. The Morgan fingerprint density at radius 1 is 1.23 bits per heavy atom. The lowest BCUT2D eigenvalue weighted by molar-refractivity contribution is -0.123. The Balaban J connectivity index is 2.55. The van der Waals surface area contributed by atoms with Crippen molar-refractivity contribution < 1.29 is 17.6 Å². The molecule has 0 unspecified atom stereocenters. The molecule has 0 saturated heterocycles. The van der Waals surface area contributed by atoms with E-state index in [9.17, 15) is 17.6 Å². The molecule has 0 aromatic heterocycles. The molecule has 0 bridgehead atoms. The molecule has 0 aliphatic rings. The molecule has 5 nitrogen and oxygen atoms in total. The molecule has 0 spiro atoms. The van der Waals surface area contributed by atoms with Gasteiger partial charge in [0.1, 0.15) is 5.82 Å². The van der Waals surface area contributed by atoms with Crippen molar-refractivity contribution in [2.75, 3.05) is 25.9 Å². The summed E-state index contributed by atoms with van der Waals surface area (Å²) in [6, 6.07) is 5.97. The first-order valence-corrected chi connectivity index (χ1v) is 9.02. The Kier molecular flexibility index (Phi) is 6.96. The molecule has 0 aliphatic heterocycles. The fourth-order valence-electron chi connectivity index (χ4n) is 1.86. The molecule has 0 saturated carbocycles. The number of amides is 1. The average Bonchev–Trinajstić information content (AvgIpc) is 2.42. The molecule has 22 heavy (non-hydrogen) atoms. The van der Waals surface area contributed by atoms with Crippen LogP contribution in [0.4, 0.5) is 4.39 Å². The Morgan fingerprint density at radius 3 is 2.32 bits per heavy atom. The van der Waals surface area contributed by atoms with Crippen molar-refractivity contribution in [3.8, 4) is 0 Å². The van der Waals surface area contributed by atoms with Gasteiger partial charge >= 0.3 is 0 Å². The molecule has 124 valence electrons. The second-order valence-corrected chi connectivity index (χ2v) is 7.47. The van der Waals surface area contributed by atoms with Crippen LogP contribution in [0.25, 0.3) is 0 Å². The number of carbonyl (C=O) groups is 1. The molecule has 0 aliphatic carbocycles. The lowest BCUT2D eigenvalue weighted by Gasteiger charge is -2.20. The SMILES string of the molecule is CC(C)C(=O)NCCN(CCc1ccc(F)cc1)S(C)(=O)=O. The molecule has 7 heteroatoms. The predicted octanol–water partition coefficient (Wildman–Crippen LogP) is 1.40. The van der Waals surface area contributed by atoms with Crippen LogP contribution in [0.1, 0.15) is 19.4 Å². The van der Waals surface area contributed by atoms with E-state index < -0.39 is 10.0 Å². The zero-order chi connectivity index (χ0) is 16.8. The lowest BCUT2D eigenvalue weighted by Crippen LogP contribution is -2.40. The largest absolute Gasteiger partial charge is 0.355 e. The van der Waals surface area contributed by atoms with Crippen LogP contribution in [0.2, 0.25) is 0 Å². The molecule has 1 aromatic rings. The van der Waals surface area contributed by atoms with Crippen molar-refractivity contribution in [2.24, 2.45) is 5.92 Å². The second kappa shape index (κ2) is 8.24. The first kappa shape index (κ1) is 18.6. The molecule has 0 radical (unpaired) electrons. The summed E-state index contributed by atoms with van der Waals surface area (Å²) in [4.78, 5) is 11.5. The quantitative estimate of drug-likeness (QED) is 0.783. The number of hydrogen-bond acceptors (Lipinski definition) is 3. The number of rotatable bonds is 8. The summed E-state index contributed by atoms with van der Waals surface area (Å²) in [5, 5.41) is 2.70. The topological polar surface area (TPSA) is 66.5 Å². The monoisotopic (exact) mass is 330 g/mol. The first-order chi connectivity index (χ1) is 10.2. The van der Waals surface area contributed by atoms with Crippen molar-refractivity contribution in [2.45, 2.75) is 20.3 Å². The third-order valence-electron chi connectivity index (χ3n) is 3.22. The zero-order valence-electron chi connectivity index (χ0n) is 13.2. The van der Waals surface area contributed by atoms with E-state index in [0.717, 1.165) is 11.8 Å². The Hall–Kier alpha value is -1.47. The summed E-state index contributed by atoms with van der Waals surface area (Å²) in [6.07, 6.45) is 1.63. The van der Waals surface area contributed by atoms with Gasteiger partial charge in [0.25, 0.3) is 0 Å². The average molecular weight is 330 g/mol. The molecule has 1 rings (SSSR count). The molecule has 1 amide bonds. The van der Waals surface area contributed by atoms with Crippen LogP contribution in [0.3, 0.4) is 0 Å². The van der Waals surface area contributed by atoms with E-state index in [0.29, 0.717) is 13.0 Å². The molecular formula is C15H23FN2O3S. The van der Waals surface area contributed by atoms with Gasteiger partial charge in [-0.1, -0.05) is 26.0 Å². The molecule has 0 atom stereocenters. The van der Waals surface area contributed by atoms with E-state index in [2.05, 4.69) is 5.32 Å². The van der Waals surface area contributed by atoms with Gasteiger partial charge in [-0.05, 0) is 24.1 Å². The van der Waals surface area contributed by atoms with Gasteiger partial charge in [0, 0.05) is 25.6 Å². The van der Waals surface area contributed by atoms with Crippen molar-refractivity contribution in [3.63, 3.8) is 0 Å². The first-order valence-electron chi connectivity index (χ1n) is 7.17. The van der Waals surface area contributed by atoms with E-state index in [1.165, 1.54) is 16.4 Å². The third kappa shape index (κ3) is 6.53. The number of halogens is 1. The van der Waals surface area contributed by atoms with E-state index >= 15 is 0 Å². The zero-order valence-corrected chi connectivity index (χ0v) is 14.0. The molecule has 0 heterocycles. The minimum atomic E-state index is -3.35.